The van der Waals surface area contributed by atoms with E-state index in [0.717, 1.165) is 35.1 Å². The van der Waals surface area contributed by atoms with Gasteiger partial charge in [-0.15, -0.1) is 0 Å². The minimum atomic E-state index is -4.18. The molecule has 1 atom stereocenters. The molecule has 46 heavy (non-hydrogen) atoms. The van der Waals surface area contributed by atoms with E-state index in [1.54, 1.807) is 48.5 Å². The summed E-state index contributed by atoms with van der Waals surface area (Å²) in [5.41, 5.74) is 4.47. The van der Waals surface area contributed by atoms with Gasteiger partial charge in [-0.25, -0.2) is 8.42 Å². The summed E-state index contributed by atoms with van der Waals surface area (Å²) in [6, 6.07) is 27.8. The van der Waals surface area contributed by atoms with E-state index < -0.39 is 28.5 Å². The van der Waals surface area contributed by atoms with Crippen LogP contribution in [0.1, 0.15) is 47.6 Å². The average molecular weight is 660 g/mol. The fourth-order valence-corrected chi connectivity index (χ4v) is 6.91. The van der Waals surface area contributed by atoms with Gasteiger partial charge in [-0.05, 0) is 79.8 Å². The number of carbonyl (C=O) groups excluding carboxylic acids is 2. The molecular weight excluding hydrogens is 618 g/mol. The predicted molar refractivity (Wildman–Crippen MR) is 185 cm³/mol. The van der Waals surface area contributed by atoms with E-state index >= 15 is 0 Å². The lowest BCUT2D eigenvalue weighted by Gasteiger charge is -2.34. The molecule has 0 spiro atoms. The van der Waals surface area contributed by atoms with Gasteiger partial charge in [0, 0.05) is 24.5 Å². The Morgan fingerprint density at radius 3 is 2.17 bits per heavy atom. The molecule has 0 bridgehead atoms. The van der Waals surface area contributed by atoms with Gasteiger partial charge in [0.2, 0.25) is 11.8 Å². The number of unbranched alkanes of at least 4 members (excludes halogenated alkanes) is 1. The standard InChI is InChI=1S/C37H42ClN3O4S/c1-5-6-21-39-37(43)35(24-30-11-8-7-9-12-30)40(25-31-13-10-14-32(38)23-31)36(42)26-41(34-22-28(3)15-18-29(34)4)46(44,45)33-19-16-27(2)17-20-33/h7-20,22-23,35H,5-6,21,24-26H2,1-4H3,(H,39,43)/t35-/m0/s1. The molecule has 0 saturated carbocycles. The van der Waals surface area contributed by atoms with E-state index in [2.05, 4.69) is 5.32 Å². The van der Waals surface area contributed by atoms with Gasteiger partial charge >= 0.3 is 0 Å². The van der Waals surface area contributed by atoms with Crippen molar-refractivity contribution in [2.45, 2.75) is 64.4 Å². The van der Waals surface area contributed by atoms with Crippen LogP contribution in [0.5, 0.6) is 0 Å². The van der Waals surface area contributed by atoms with Crippen molar-refractivity contribution in [2.75, 3.05) is 17.4 Å². The number of amides is 2. The highest BCUT2D eigenvalue weighted by atomic mass is 35.5. The first-order chi connectivity index (χ1) is 22.0. The van der Waals surface area contributed by atoms with Gasteiger partial charge in [0.15, 0.2) is 0 Å². The predicted octanol–water partition coefficient (Wildman–Crippen LogP) is 7.02. The molecule has 1 N–H and O–H groups in total. The Morgan fingerprint density at radius 2 is 1.50 bits per heavy atom. The van der Waals surface area contributed by atoms with Crippen molar-refractivity contribution in [3.8, 4) is 0 Å². The molecule has 0 radical (unpaired) electrons. The van der Waals surface area contributed by atoms with E-state index in [1.165, 1.54) is 9.21 Å². The van der Waals surface area contributed by atoms with Crippen LogP contribution in [0.15, 0.2) is 102 Å². The number of halogens is 1. The van der Waals surface area contributed by atoms with Crippen LogP contribution in [0.4, 0.5) is 5.69 Å². The van der Waals surface area contributed by atoms with Crippen molar-refractivity contribution in [3.63, 3.8) is 0 Å². The number of carbonyl (C=O) groups is 2. The molecule has 4 aromatic rings. The average Bonchev–Trinajstić information content (AvgIpc) is 3.03. The first-order valence-electron chi connectivity index (χ1n) is 15.5. The lowest BCUT2D eigenvalue weighted by atomic mass is 10.0. The van der Waals surface area contributed by atoms with E-state index in [-0.39, 0.29) is 23.8 Å². The quantitative estimate of drug-likeness (QED) is 0.148. The van der Waals surface area contributed by atoms with Crippen LogP contribution in [0.2, 0.25) is 5.02 Å². The smallest absolute Gasteiger partial charge is 0.264 e. The molecule has 0 aliphatic heterocycles. The number of nitrogens with zero attached hydrogens (tertiary/aromatic N) is 2. The van der Waals surface area contributed by atoms with Crippen molar-refractivity contribution in [1.29, 1.82) is 0 Å². The lowest BCUT2D eigenvalue weighted by Crippen LogP contribution is -2.53. The van der Waals surface area contributed by atoms with Gasteiger partial charge in [-0.3, -0.25) is 13.9 Å². The topological polar surface area (TPSA) is 86.8 Å². The van der Waals surface area contributed by atoms with Crippen LogP contribution in [0.3, 0.4) is 0 Å². The summed E-state index contributed by atoms with van der Waals surface area (Å²) in [7, 11) is -4.18. The zero-order valence-electron chi connectivity index (χ0n) is 26.9. The molecule has 0 saturated heterocycles. The summed E-state index contributed by atoms with van der Waals surface area (Å²) < 4.78 is 29.8. The molecule has 0 heterocycles. The largest absolute Gasteiger partial charge is 0.354 e. The lowest BCUT2D eigenvalue weighted by molar-refractivity contribution is -0.140. The fraction of sp³-hybridized carbons (Fsp3) is 0.297. The SMILES string of the molecule is CCCCNC(=O)[C@H](Cc1ccccc1)N(Cc1cccc(Cl)c1)C(=O)CN(c1cc(C)ccc1C)S(=O)(=O)c1ccc(C)cc1. The second-order valence-corrected chi connectivity index (χ2v) is 13.9. The van der Waals surface area contributed by atoms with Gasteiger partial charge in [-0.1, -0.05) is 97.2 Å². The number of benzene rings is 4. The molecule has 0 unspecified atom stereocenters. The van der Waals surface area contributed by atoms with Crippen molar-refractivity contribution in [3.05, 3.63) is 130 Å². The molecule has 0 aromatic heterocycles. The van der Waals surface area contributed by atoms with Crippen molar-refractivity contribution >= 4 is 39.1 Å². The van der Waals surface area contributed by atoms with Gasteiger partial charge in [0.1, 0.15) is 12.6 Å². The number of sulfonamides is 1. The Morgan fingerprint density at radius 1 is 0.826 bits per heavy atom. The molecule has 242 valence electrons. The highest BCUT2D eigenvalue weighted by Gasteiger charge is 2.35. The summed E-state index contributed by atoms with van der Waals surface area (Å²) in [5, 5.41) is 3.50. The minimum Gasteiger partial charge on any atom is -0.354 e. The van der Waals surface area contributed by atoms with Gasteiger partial charge in [0.25, 0.3) is 10.0 Å². The number of nitrogens with one attached hydrogen (secondary N) is 1. The molecule has 7 nitrogen and oxygen atoms in total. The highest BCUT2D eigenvalue weighted by molar-refractivity contribution is 7.92. The Kier molecular flexibility index (Phi) is 12.0. The first-order valence-corrected chi connectivity index (χ1v) is 17.3. The van der Waals surface area contributed by atoms with Crippen molar-refractivity contribution in [2.24, 2.45) is 0 Å². The van der Waals surface area contributed by atoms with E-state index in [0.29, 0.717) is 22.8 Å². The van der Waals surface area contributed by atoms with E-state index in [4.69, 9.17) is 11.6 Å². The Labute approximate surface area is 278 Å². The van der Waals surface area contributed by atoms with Crippen molar-refractivity contribution in [1.82, 2.24) is 10.2 Å². The normalized spacial score (nSPS) is 11.9. The van der Waals surface area contributed by atoms with Crippen LogP contribution in [0.25, 0.3) is 0 Å². The molecule has 4 aromatic carbocycles. The molecule has 0 aliphatic carbocycles. The maximum Gasteiger partial charge on any atom is 0.264 e. The summed E-state index contributed by atoms with van der Waals surface area (Å²) in [4.78, 5) is 30.0. The van der Waals surface area contributed by atoms with Gasteiger partial charge in [0.05, 0.1) is 10.6 Å². The second kappa shape index (κ2) is 15.9. The van der Waals surface area contributed by atoms with Gasteiger partial charge in [-0.2, -0.15) is 0 Å². The van der Waals surface area contributed by atoms with E-state index in [1.807, 2.05) is 76.2 Å². The second-order valence-electron chi connectivity index (χ2n) is 11.6. The summed E-state index contributed by atoms with van der Waals surface area (Å²) in [5.74, 6) is -0.810. The molecule has 4 rings (SSSR count). The highest BCUT2D eigenvalue weighted by Crippen LogP contribution is 2.29. The van der Waals surface area contributed by atoms with E-state index in [9.17, 15) is 18.0 Å². The molecule has 0 fully saturated rings. The van der Waals surface area contributed by atoms with Crippen LogP contribution in [0, 0.1) is 20.8 Å². The Bertz CT molecular complexity index is 1740. The zero-order valence-corrected chi connectivity index (χ0v) is 28.4. The number of anilines is 1. The maximum absolute atomic E-state index is 14.6. The number of hydrogen-bond donors (Lipinski definition) is 1. The zero-order chi connectivity index (χ0) is 33.3. The monoisotopic (exact) mass is 659 g/mol. The maximum atomic E-state index is 14.6. The van der Waals surface area contributed by atoms with Crippen molar-refractivity contribution < 1.29 is 18.0 Å². The van der Waals surface area contributed by atoms with Crippen LogP contribution in [-0.2, 0) is 32.6 Å². The summed E-state index contributed by atoms with van der Waals surface area (Å²) in [6.45, 7) is 7.64. The number of hydrogen-bond acceptors (Lipinski definition) is 4. The summed E-state index contributed by atoms with van der Waals surface area (Å²) >= 11 is 6.33. The van der Waals surface area contributed by atoms with Crippen LogP contribution < -0.4 is 9.62 Å². The van der Waals surface area contributed by atoms with Gasteiger partial charge < -0.3 is 10.2 Å². The third kappa shape index (κ3) is 8.98. The number of rotatable bonds is 14. The third-order valence-electron chi connectivity index (χ3n) is 7.86. The van der Waals surface area contributed by atoms with Crippen LogP contribution >= 0.6 is 11.6 Å². The minimum absolute atomic E-state index is 0.0588. The Balaban J connectivity index is 1.82. The molecule has 9 heteroatoms. The molecular formula is C37H42ClN3O4S. The number of aryl methyl sites for hydroxylation is 3. The first kappa shape index (κ1) is 34.7. The molecule has 2 amide bonds. The molecule has 0 aliphatic rings. The summed E-state index contributed by atoms with van der Waals surface area (Å²) in [6.07, 6.45) is 1.94. The third-order valence-corrected chi connectivity index (χ3v) is 9.87. The fourth-order valence-electron chi connectivity index (χ4n) is 5.23. The van der Waals surface area contributed by atoms with Crippen LogP contribution in [-0.4, -0.2) is 44.3 Å². The Hall–Kier alpha value is -4.14.